The molecule has 1 saturated heterocycles. The summed E-state index contributed by atoms with van der Waals surface area (Å²) in [5, 5.41) is 8.87. The fraction of sp³-hybridized carbons (Fsp3) is 0.533. The molecule has 2 nitrogen and oxygen atoms in total. The summed E-state index contributed by atoms with van der Waals surface area (Å²) in [6, 6.07) is 10.2. The normalized spacial score (nSPS) is 22.3. The molecule has 1 aliphatic heterocycles. The summed E-state index contributed by atoms with van der Waals surface area (Å²) in [4.78, 5) is 2.52. The highest BCUT2D eigenvalue weighted by atomic mass is 15.2. The van der Waals surface area contributed by atoms with E-state index in [1.807, 2.05) is 18.2 Å². The highest BCUT2D eigenvalue weighted by molar-refractivity contribution is 5.32. The molecule has 0 N–H and O–H groups in total. The molecule has 88 valence electrons. The minimum atomic E-state index is 0.673. The summed E-state index contributed by atoms with van der Waals surface area (Å²) < 4.78 is 0. The number of benzene rings is 1. The number of hydrogen-bond acceptors (Lipinski definition) is 2. The van der Waals surface area contributed by atoms with Crippen molar-refractivity contribution in [3.8, 4) is 6.07 Å². The van der Waals surface area contributed by atoms with Gasteiger partial charge in [-0.05, 0) is 36.0 Å². The van der Waals surface area contributed by atoms with Gasteiger partial charge in [0.2, 0.25) is 0 Å². The van der Waals surface area contributed by atoms with Crippen molar-refractivity contribution in [3.63, 3.8) is 0 Å². The number of rotatable bonds is 2. The first kappa shape index (κ1) is 10.8. The smallest absolute Gasteiger partial charge is 0.0991 e. The first-order valence-electron chi connectivity index (χ1n) is 6.51. The lowest BCUT2D eigenvalue weighted by molar-refractivity contribution is -0.000250. The molecular formula is C15H18N2. The van der Waals surface area contributed by atoms with Crippen molar-refractivity contribution in [1.29, 1.82) is 5.26 Å². The molecule has 1 saturated carbocycles. The Labute approximate surface area is 103 Å². The van der Waals surface area contributed by atoms with E-state index in [-0.39, 0.29) is 0 Å². The zero-order valence-corrected chi connectivity index (χ0v) is 10.2. The van der Waals surface area contributed by atoms with Crippen molar-refractivity contribution in [3.05, 3.63) is 35.4 Å². The molecule has 1 aliphatic carbocycles. The van der Waals surface area contributed by atoms with Gasteiger partial charge in [0.05, 0.1) is 11.6 Å². The molecule has 0 bridgehead atoms. The van der Waals surface area contributed by atoms with Crippen LogP contribution in [0.1, 0.15) is 36.8 Å². The van der Waals surface area contributed by atoms with Crippen LogP contribution >= 0.6 is 0 Å². The summed E-state index contributed by atoms with van der Waals surface area (Å²) >= 11 is 0. The van der Waals surface area contributed by atoms with E-state index in [9.17, 15) is 0 Å². The van der Waals surface area contributed by atoms with Crippen LogP contribution in [-0.2, 0) is 6.54 Å². The predicted molar refractivity (Wildman–Crippen MR) is 67.3 cm³/mol. The molecule has 1 heterocycles. The Morgan fingerprint density at radius 2 is 2.00 bits per heavy atom. The first-order chi connectivity index (χ1) is 8.30. The van der Waals surface area contributed by atoms with Crippen LogP contribution in [0, 0.1) is 16.7 Å². The van der Waals surface area contributed by atoms with E-state index in [1.165, 1.54) is 44.3 Å². The van der Waals surface area contributed by atoms with E-state index in [2.05, 4.69) is 17.0 Å². The molecule has 1 spiro atoms. The molecule has 0 radical (unpaired) electrons. The van der Waals surface area contributed by atoms with Gasteiger partial charge in [-0.25, -0.2) is 0 Å². The number of hydrogen-bond donors (Lipinski definition) is 0. The number of nitriles is 1. The molecule has 2 aliphatic rings. The molecule has 0 atom stereocenters. The zero-order chi connectivity index (χ0) is 11.7. The third-order valence-corrected chi connectivity index (χ3v) is 4.24. The molecule has 0 amide bonds. The van der Waals surface area contributed by atoms with Gasteiger partial charge >= 0.3 is 0 Å². The Balaban J connectivity index is 1.60. The fourth-order valence-electron chi connectivity index (χ4n) is 3.45. The van der Waals surface area contributed by atoms with Crippen LogP contribution in [0.5, 0.6) is 0 Å². The SMILES string of the molecule is N#Cc1cccc(CN2CC3(CCCC3)C2)c1. The van der Waals surface area contributed by atoms with Crippen molar-refractivity contribution in [2.45, 2.75) is 32.2 Å². The van der Waals surface area contributed by atoms with Crippen LogP contribution in [0.25, 0.3) is 0 Å². The molecular weight excluding hydrogens is 208 g/mol. The molecule has 17 heavy (non-hydrogen) atoms. The molecule has 3 rings (SSSR count). The second-order valence-corrected chi connectivity index (χ2v) is 5.66. The van der Waals surface area contributed by atoms with E-state index in [1.54, 1.807) is 0 Å². The molecule has 0 aromatic heterocycles. The fourth-order valence-corrected chi connectivity index (χ4v) is 3.45. The van der Waals surface area contributed by atoms with Crippen LogP contribution in [0.15, 0.2) is 24.3 Å². The third kappa shape index (κ3) is 2.08. The molecule has 1 aromatic rings. The zero-order valence-electron chi connectivity index (χ0n) is 10.2. The topological polar surface area (TPSA) is 27.0 Å². The lowest BCUT2D eigenvalue weighted by Crippen LogP contribution is -2.54. The van der Waals surface area contributed by atoms with E-state index in [4.69, 9.17) is 5.26 Å². The largest absolute Gasteiger partial charge is 0.298 e. The third-order valence-electron chi connectivity index (χ3n) is 4.24. The van der Waals surface area contributed by atoms with Crippen molar-refractivity contribution < 1.29 is 0 Å². The van der Waals surface area contributed by atoms with Gasteiger partial charge in [0.1, 0.15) is 0 Å². The van der Waals surface area contributed by atoms with Crippen molar-refractivity contribution in [1.82, 2.24) is 4.90 Å². The van der Waals surface area contributed by atoms with E-state index >= 15 is 0 Å². The van der Waals surface area contributed by atoms with Crippen LogP contribution < -0.4 is 0 Å². The lowest BCUT2D eigenvalue weighted by atomic mass is 9.78. The second-order valence-electron chi connectivity index (χ2n) is 5.66. The van der Waals surface area contributed by atoms with E-state index in [0.29, 0.717) is 5.41 Å². The average Bonchev–Trinajstić information content (AvgIpc) is 2.78. The van der Waals surface area contributed by atoms with Gasteiger partial charge < -0.3 is 0 Å². The maximum Gasteiger partial charge on any atom is 0.0991 e. The number of likely N-dealkylation sites (tertiary alicyclic amines) is 1. The Bertz CT molecular complexity index is 444. The van der Waals surface area contributed by atoms with Gasteiger partial charge in [-0.15, -0.1) is 0 Å². The maximum atomic E-state index is 8.87. The van der Waals surface area contributed by atoms with Crippen LogP contribution in [0.3, 0.4) is 0 Å². The van der Waals surface area contributed by atoms with Gasteiger partial charge in [0.15, 0.2) is 0 Å². The summed E-state index contributed by atoms with van der Waals surface area (Å²) in [5.41, 5.74) is 2.72. The van der Waals surface area contributed by atoms with Crippen LogP contribution in [0.2, 0.25) is 0 Å². The van der Waals surface area contributed by atoms with Crippen molar-refractivity contribution in [2.24, 2.45) is 5.41 Å². The summed E-state index contributed by atoms with van der Waals surface area (Å²) in [5.74, 6) is 0. The Kier molecular flexibility index (Phi) is 2.64. The minimum Gasteiger partial charge on any atom is -0.298 e. The number of nitrogens with zero attached hydrogens (tertiary/aromatic N) is 2. The minimum absolute atomic E-state index is 0.673. The van der Waals surface area contributed by atoms with Gasteiger partial charge in [-0.3, -0.25) is 4.90 Å². The Morgan fingerprint density at radius 1 is 1.24 bits per heavy atom. The quantitative estimate of drug-likeness (QED) is 0.775. The van der Waals surface area contributed by atoms with Crippen molar-refractivity contribution in [2.75, 3.05) is 13.1 Å². The average molecular weight is 226 g/mol. The monoisotopic (exact) mass is 226 g/mol. The van der Waals surface area contributed by atoms with Crippen molar-refractivity contribution >= 4 is 0 Å². The van der Waals surface area contributed by atoms with Crippen LogP contribution in [-0.4, -0.2) is 18.0 Å². The van der Waals surface area contributed by atoms with Gasteiger partial charge in [-0.1, -0.05) is 25.0 Å². The summed E-state index contributed by atoms with van der Waals surface area (Å²) in [6.45, 7) is 3.55. The molecule has 0 unspecified atom stereocenters. The summed E-state index contributed by atoms with van der Waals surface area (Å²) in [6.07, 6.45) is 5.72. The lowest BCUT2D eigenvalue weighted by Gasteiger charge is -2.48. The van der Waals surface area contributed by atoms with E-state index in [0.717, 1.165) is 12.1 Å². The maximum absolute atomic E-state index is 8.87. The Morgan fingerprint density at radius 3 is 2.71 bits per heavy atom. The standard InChI is InChI=1S/C15H18N2/c16-9-13-4-3-5-14(8-13)10-17-11-15(12-17)6-1-2-7-15/h3-5,8H,1-2,6-7,10-12H2. The molecule has 1 aromatic carbocycles. The highest BCUT2D eigenvalue weighted by Crippen LogP contribution is 2.45. The molecule has 2 fully saturated rings. The Hall–Kier alpha value is -1.33. The summed E-state index contributed by atoms with van der Waals surface area (Å²) in [7, 11) is 0. The second kappa shape index (κ2) is 4.16. The van der Waals surface area contributed by atoms with Gasteiger partial charge in [-0.2, -0.15) is 5.26 Å². The highest BCUT2D eigenvalue weighted by Gasteiger charge is 2.44. The van der Waals surface area contributed by atoms with Crippen LogP contribution in [0.4, 0.5) is 0 Å². The molecule has 2 heteroatoms. The van der Waals surface area contributed by atoms with Gasteiger partial charge in [0.25, 0.3) is 0 Å². The van der Waals surface area contributed by atoms with E-state index < -0.39 is 0 Å². The van der Waals surface area contributed by atoms with Gasteiger partial charge in [0, 0.05) is 19.6 Å². The first-order valence-corrected chi connectivity index (χ1v) is 6.51. The predicted octanol–water partition coefficient (Wildman–Crippen LogP) is 2.93.